The van der Waals surface area contributed by atoms with E-state index in [0.29, 0.717) is 26.0 Å². The number of carboxylic acids is 1. The van der Waals surface area contributed by atoms with E-state index >= 15 is 0 Å². The van der Waals surface area contributed by atoms with Gasteiger partial charge in [-0.15, -0.1) is 0 Å². The number of hydrogen-bond acceptors (Lipinski definition) is 5. The van der Waals surface area contributed by atoms with Crippen LogP contribution in [-0.2, 0) is 25.5 Å². The van der Waals surface area contributed by atoms with Gasteiger partial charge < -0.3 is 21.9 Å². The number of rotatable bonds is 11. The summed E-state index contributed by atoms with van der Waals surface area (Å²) in [6, 6.07) is 6.87. The number of aliphatic carboxylic acids is 1. The van der Waals surface area contributed by atoms with Crippen molar-refractivity contribution in [1.29, 1.82) is 0 Å². The fourth-order valence-corrected chi connectivity index (χ4v) is 2.63. The SMILES string of the molecule is CC(C)OCCCNC(=O)[C@H](Cc1ccccc1)NC(=O)[C@H]1N[C@@H]1C(=O)O.[H-].[Na+]. The summed E-state index contributed by atoms with van der Waals surface area (Å²) in [4.78, 5) is 35.7. The van der Waals surface area contributed by atoms with Gasteiger partial charge in [0.1, 0.15) is 18.1 Å². The quantitative estimate of drug-likeness (QED) is 0.180. The Morgan fingerprint density at radius 2 is 1.89 bits per heavy atom. The van der Waals surface area contributed by atoms with Gasteiger partial charge in [0.15, 0.2) is 0 Å². The van der Waals surface area contributed by atoms with Gasteiger partial charge in [0.25, 0.3) is 0 Å². The summed E-state index contributed by atoms with van der Waals surface area (Å²) >= 11 is 0. The van der Waals surface area contributed by atoms with Crippen molar-refractivity contribution in [3.63, 3.8) is 0 Å². The number of amides is 2. The summed E-state index contributed by atoms with van der Waals surface area (Å²) < 4.78 is 5.43. The Bertz CT molecular complexity index is 663. The third-order valence-corrected chi connectivity index (χ3v) is 4.12. The Morgan fingerprint density at radius 3 is 2.46 bits per heavy atom. The van der Waals surface area contributed by atoms with Crippen LogP contribution in [0.2, 0.25) is 0 Å². The molecule has 2 rings (SSSR count). The molecule has 1 saturated heterocycles. The van der Waals surface area contributed by atoms with Gasteiger partial charge >= 0.3 is 35.5 Å². The molecule has 9 heteroatoms. The van der Waals surface area contributed by atoms with Crippen molar-refractivity contribution in [2.24, 2.45) is 0 Å². The van der Waals surface area contributed by atoms with E-state index in [0.717, 1.165) is 5.56 Å². The number of carbonyl (C=O) groups is 3. The minimum absolute atomic E-state index is 0. The minimum atomic E-state index is -1.08. The third kappa shape index (κ3) is 8.28. The van der Waals surface area contributed by atoms with Gasteiger partial charge in [-0.3, -0.25) is 19.7 Å². The predicted octanol–water partition coefficient (Wildman–Crippen LogP) is -2.81. The van der Waals surface area contributed by atoms with Crippen molar-refractivity contribution >= 4 is 17.8 Å². The van der Waals surface area contributed by atoms with Gasteiger partial charge in [-0.05, 0) is 25.8 Å². The van der Waals surface area contributed by atoms with Crippen LogP contribution in [0.25, 0.3) is 0 Å². The van der Waals surface area contributed by atoms with Crippen molar-refractivity contribution in [2.75, 3.05) is 13.2 Å². The minimum Gasteiger partial charge on any atom is -1.00 e. The molecular formula is C19H28N3NaO5. The summed E-state index contributed by atoms with van der Waals surface area (Å²) in [5.74, 6) is -1.87. The van der Waals surface area contributed by atoms with Crippen molar-refractivity contribution < 1.29 is 55.2 Å². The van der Waals surface area contributed by atoms with Crippen molar-refractivity contribution in [3.05, 3.63) is 35.9 Å². The molecule has 1 aromatic rings. The molecule has 0 aromatic heterocycles. The van der Waals surface area contributed by atoms with Crippen LogP contribution >= 0.6 is 0 Å². The molecule has 1 aromatic carbocycles. The zero-order valence-electron chi connectivity index (χ0n) is 17.6. The van der Waals surface area contributed by atoms with Gasteiger partial charge in [0.2, 0.25) is 11.8 Å². The van der Waals surface area contributed by atoms with Gasteiger partial charge in [-0.2, -0.15) is 0 Å². The second-order valence-corrected chi connectivity index (χ2v) is 6.78. The monoisotopic (exact) mass is 401 g/mol. The maximum Gasteiger partial charge on any atom is 1.00 e. The first-order valence-electron chi connectivity index (χ1n) is 9.11. The molecule has 0 unspecified atom stereocenters. The normalized spacial score (nSPS) is 18.7. The number of ether oxygens (including phenoxy) is 1. The molecule has 4 N–H and O–H groups in total. The summed E-state index contributed by atoms with van der Waals surface area (Å²) in [7, 11) is 0. The van der Waals surface area contributed by atoms with E-state index in [2.05, 4.69) is 16.0 Å². The molecule has 0 spiro atoms. The van der Waals surface area contributed by atoms with Crippen LogP contribution in [0, 0.1) is 0 Å². The second kappa shape index (κ2) is 12.2. The second-order valence-electron chi connectivity index (χ2n) is 6.78. The van der Waals surface area contributed by atoms with E-state index in [1.165, 1.54) is 0 Å². The topological polar surface area (TPSA) is 127 Å². The number of carbonyl (C=O) groups excluding carboxylic acids is 2. The molecule has 1 aliphatic rings. The first-order chi connectivity index (χ1) is 12.9. The average Bonchev–Trinajstić information content (AvgIpc) is 3.42. The Kier molecular flexibility index (Phi) is 10.7. The summed E-state index contributed by atoms with van der Waals surface area (Å²) in [5, 5.41) is 17.0. The van der Waals surface area contributed by atoms with Gasteiger partial charge in [0, 0.05) is 19.6 Å². The molecule has 1 heterocycles. The van der Waals surface area contributed by atoms with Crippen LogP contribution in [0.15, 0.2) is 30.3 Å². The van der Waals surface area contributed by atoms with Crippen LogP contribution in [0.5, 0.6) is 0 Å². The van der Waals surface area contributed by atoms with Crippen LogP contribution in [0.3, 0.4) is 0 Å². The molecule has 8 nitrogen and oxygen atoms in total. The van der Waals surface area contributed by atoms with Gasteiger partial charge in [0.05, 0.1) is 6.10 Å². The molecule has 1 fully saturated rings. The molecule has 28 heavy (non-hydrogen) atoms. The van der Waals surface area contributed by atoms with Crippen molar-refractivity contribution in [3.8, 4) is 0 Å². The summed E-state index contributed by atoms with van der Waals surface area (Å²) in [5.41, 5.74) is 0.902. The van der Waals surface area contributed by atoms with Gasteiger partial charge in [-0.1, -0.05) is 30.3 Å². The predicted molar refractivity (Wildman–Crippen MR) is 100 cm³/mol. The Hall–Kier alpha value is -1.45. The molecule has 0 radical (unpaired) electrons. The number of benzene rings is 1. The third-order valence-electron chi connectivity index (χ3n) is 4.12. The van der Waals surface area contributed by atoms with E-state index in [1.54, 1.807) is 0 Å². The summed E-state index contributed by atoms with van der Waals surface area (Å²) in [6.45, 7) is 4.87. The Balaban J connectivity index is 0.00000392. The number of hydrogen-bond donors (Lipinski definition) is 4. The summed E-state index contributed by atoms with van der Waals surface area (Å²) in [6.07, 6.45) is 1.13. The molecule has 0 aliphatic carbocycles. The standard InChI is InChI=1S/C19H27N3O5.Na.H/c1-12(2)27-10-6-9-20-17(23)14(11-13-7-4-3-5-8-13)21-18(24)15-16(22-15)19(25)26;;/h3-5,7-8,12,14-16,22H,6,9-11H2,1-2H3,(H,20,23)(H,21,24)(H,25,26);;/q;+1;-1/t14-,15-,16-;;/m0../s1. The first-order valence-corrected chi connectivity index (χ1v) is 9.11. The molecule has 1 aliphatic heterocycles. The molecule has 150 valence electrons. The van der Waals surface area contributed by atoms with Crippen molar-refractivity contribution in [2.45, 2.75) is 50.9 Å². The zero-order valence-corrected chi connectivity index (χ0v) is 18.6. The zero-order chi connectivity index (χ0) is 19.8. The molecule has 2 amide bonds. The van der Waals surface area contributed by atoms with Crippen LogP contribution in [-0.4, -0.2) is 60.3 Å². The molecule has 0 bridgehead atoms. The molecule has 0 saturated carbocycles. The number of carboxylic acid groups (broad SMARTS) is 1. The maximum atomic E-state index is 12.5. The fourth-order valence-electron chi connectivity index (χ4n) is 2.63. The van der Waals surface area contributed by atoms with E-state index in [1.807, 2.05) is 44.2 Å². The van der Waals surface area contributed by atoms with Crippen LogP contribution in [0.1, 0.15) is 27.3 Å². The molecule has 3 atom stereocenters. The van der Waals surface area contributed by atoms with Crippen molar-refractivity contribution in [1.82, 2.24) is 16.0 Å². The van der Waals surface area contributed by atoms with Crippen LogP contribution in [0.4, 0.5) is 0 Å². The first kappa shape index (κ1) is 24.6. The van der Waals surface area contributed by atoms with E-state index in [-0.39, 0.29) is 43.0 Å². The smallest absolute Gasteiger partial charge is 1.00 e. The van der Waals surface area contributed by atoms with E-state index in [9.17, 15) is 14.4 Å². The van der Waals surface area contributed by atoms with Crippen LogP contribution < -0.4 is 45.5 Å². The Morgan fingerprint density at radius 1 is 1.21 bits per heavy atom. The largest absolute Gasteiger partial charge is 1.00 e. The van der Waals surface area contributed by atoms with E-state index in [4.69, 9.17) is 9.84 Å². The number of nitrogens with one attached hydrogen (secondary N) is 3. The molecular weight excluding hydrogens is 373 g/mol. The van der Waals surface area contributed by atoms with Gasteiger partial charge in [-0.25, -0.2) is 0 Å². The average molecular weight is 401 g/mol. The fraction of sp³-hybridized carbons (Fsp3) is 0.526. The Labute approximate surface area is 188 Å². The van der Waals surface area contributed by atoms with E-state index < -0.39 is 30.0 Å². The maximum absolute atomic E-state index is 12.5.